The van der Waals surface area contributed by atoms with Crippen molar-refractivity contribution in [3.8, 4) is 11.5 Å². The van der Waals surface area contributed by atoms with Crippen molar-refractivity contribution >= 4 is 28.7 Å². The molecule has 1 aromatic heterocycles. The normalized spacial score (nSPS) is 11.0. The molecule has 0 aliphatic heterocycles. The number of aromatic nitrogens is 1. The van der Waals surface area contributed by atoms with Crippen molar-refractivity contribution in [3.63, 3.8) is 0 Å². The Morgan fingerprint density at radius 1 is 1.17 bits per heavy atom. The lowest BCUT2D eigenvalue weighted by molar-refractivity contribution is -0.383. The fourth-order valence-electron chi connectivity index (χ4n) is 2.39. The number of phenolic OH excluding ortho intramolecular Hbond substituents is 1. The molecule has 6 nitrogen and oxygen atoms in total. The summed E-state index contributed by atoms with van der Waals surface area (Å²) in [5.74, 6) is 0.463. The van der Waals surface area contributed by atoms with E-state index in [1.165, 1.54) is 13.2 Å². The third-order valence-corrected chi connectivity index (χ3v) is 3.58. The number of benzene rings is 2. The molecule has 3 rings (SSSR count). The number of nitrogens with zero attached hydrogens (tertiary/aromatic N) is 2. The second kappa shape index (κ2) is 6.37. The maximum atomic E-state index is 11.0. The van der Waals surface area contributed by atoms with E-state index in [-0.39, 0.29) is 11.4 Å². The number of nitro benzene ring substituents is 1. The van der Waals surface area contributed by atoms with Crippen LogP contribution in [0.25, 0.3) is 23.1 Å². The summed E-state index contributed by atoms with van der Waals surface area (Å²) in [4.78, 5) is 15.0. The minimum absolute atomic E-state index is 0.0406. The molecule has 0 spiro atoms. The molecule has 0 radical (unpaired) electrons. The third kappa shape index (κ3) is 3.03. The van der Waals surface area contributed by atoms with Gasteiger partial charge in [0.1, 0.15) is 0 Å². The molecule has 24 heavy (non-hydrogen) atoms. The summed E-state index contributed by atoms with van der Waals surface area (Å²) < 4.78 is 5.07. The van der Waals surface area contributed by atoms with E-state index < -0.39 is 4.92 Å². The van der Waals surface area contributed by atoms with Crippen LogP contribution >= 0.6 is 0 Å². The van der Waals surface area contributed by atoms with Gasteiger partial charge in [0.05, 0.1) is 28.6 Å². The number of pyridine rings is 1. The number of hydrogen-bond donors (Lipinski definition) is 1. The fourth-order valence-corrected chi connectivity index (χ4v) is 2.39. The summed E-state index contributed by atoms with van der Waals surface area (Å²) >= 11 is 0. The average molecular weight is 322 g/mol. The van der Waals surface area contributed by atoms with Gasteiger partial charge in [0.15, 0.2) is 11.5 Å². The molecule has 0 unspecified atom stereocenters. The van der Waals surface area contributed by atoms with Crippen LogP contribution in [0.5, 0.6) is 11.5 Å². The number of aromatic hydroxyl groups is 1. The van der Waals surface area contributed by atoms with Gasteiger partial charge in [-0.2, -0.15) is 0 Å². The van der Waals surface area contributed by atoms with Crippen molar-refractivity contribution in [2.45, 2.75) is 0 Å². The molecule has 0 amide bonds. The van der Waals surface area contributed by atoms with Gasteiger partial charge in [-0.3, -0.25) is 10.1 Å². The van der Waals surface area contributed by atoms with E-state index in [0.717, 1.165) is 5.56 Å². The highest BCUT2D eigenvalue weighted by atomic mass is 16.6. The minimum Gasteiger partial charge on any atom is -0.504 e. The van der Waals surface area contributed by atoms with Crippen LogP contribution < -0.4 is 4.74 Å². The van der Waals surface area contributed by atoms with E-state index in [9.17, 15) is 15.2 Å². The monoisotopic (exact) mass is 322 g/mol. The highest BCUT2D eigenvalue weighted by Crippen LogP contribution is 2.27. The molecule has 0 atom stereocenters. The molecule has 0 aliphatic carbocycles. The van der Waals surface area contributed by atoms with Crippen LogP contribution in [0.15, 0.2) is 48.5 Å². The molecule has 120 valence electrons. The van der Waals surface area contributed by atoms with Gasteiger partial charge in [0.25, 0.3) is 5.69 Å². The topological polar surface area (TPSA) is 85.5 Å². The first-order valence-electron chi connectivity index (χ1n) is 7.18. The fraction of sp³-hybridized carbons (Fsp3) is 0.0556. The zero-order chi connectivity index (χ0) is 17.1. The van der Waals surface area contributed by atoms with Crippen LogP contribution in [0, 0.1) is 10.1 Å². The molecule has 6 heteroatoms. The first-order chi connectivity index (χ1) is 11.6. The van der Waals surface area contributed by atoms with Crippen LogP contribution in [0.4, 0.5) is 5.69 Å². The van der Waals surface area contributed by atoms with Crippen molar-refractivity contribution < 1.29 is 14.8 Å². The van der Waals surface area contributed by atoms with Crippen molar-refractivity contribution in [3.05, 3.63) is 69.9 Å². The summed E-state index contributed by atoms with van der Waals surface area (Å²) in [6.07, 6.45) is 3.62. The summed E-state index contributed by atoms with van der Waals surface area (Å²) in [6, 6.07) is 13.2. The smallest absolute Gasteiger partial charge is 0.278 e. The molecule has 0 fully saturated rings. The Hall–Kier alpha value is -3.41. The Kier molecular flexibility index (Phi) is 4.11. The first kappa shape index (κ1) is 15.5. The molecular formula is C18H14N2O4. The minimum atomic E-state index is -0.414. The zero-order valence-corrected chi connectivity index (χ0v) is 12.8. The number of rotatable bonds is 4. The largest absolute Gasteiger partial charge is 0.504 e. The van der Waals surface area contributed by atoms with Crippen LogP contribution in [0.3, 0.4) is 0 Å². The van der Waals surface area contributed by atoms with Crippen molar-refractivity contribution in [2.75, 3.05) is 7.11 Å². The van der Waals surface area contributed by atoms with E-state index >= 15 is 0 Å². The van der Waals surface area contributed by atoms with E-state index in [1.807, 2.05) is 6.08 Å². The van der Waals surface area contributed by atoms with E-state index in [4.69, 9.17) is 4.74 Å². The molecule has 0 aliphatic rings. The number of fused-ring (bicyclic) bond motifs is 1. The first-order valence-corrected chi connectivity index (χ1v) is 7.18. The van der Waals surface area contributed by atoms with Crippen LogP contribution in [0.2, 0.25) is 0 Å². The Bertz CT molecular complexity index is 951. The van der Waals surface area contributed by atoms with Gasteiger partial charge in [0.2, 0.25) is 0 Å². The summed E-state index contributed by atoms with van der Waals surface area (Å²) in [6.45, 7) is 0. The summed E-state index contributed by atoms with van der Waals surface area (Å²) in [7, 11) is 1.49. The van der Waals surface area contributed by atoms with Gasteiger partial charge in [-0.05, 0) is 42.0 Å². The maximum Gasteiger partial charge on any atom is 0.278 e. The van der Waals surface area contributed by atoms with Crippen LogP contribution in [-0.4, -0.2) is 22.1 Å². The van der Waals surface area contributed by atoms with Gasteiger partial charge < -0.3 is 9.84 Å². The Balaban J connectivity index is 1.94. The van der Waals surface area contributed by atoms with E-state index in [2.05, 4.69) is 4.98 Å². The highest BCUT2D eigenvalue weighted by molar-refractivity contribution is 5.89. The van der Waals surface area contributed by atoms with Gasteiger partial charge in [-0.15, -0.1) is 0 Å². The molecule has 1 N–H and O–H groups in total. The SMILES string of the molecule is COc1cc(/C=C/c2ccc3c([N+](=O)[O-])cccc3n2)ccc1O. The van der Waals surface area contributed by atoms with Crippen molar-refractivity contribution in [1.82, 2.24) is 4.98 Å². The standard InChI is InChI=1S/C18H14N2O4/c1-24-18-11-12(6-10-17(18)21)5-7-13-8-9-14-15(19-13)3-2-4-16(14)20(22)23/h2-11,21H,1H3/b7-5+. The highest BCUT2D eigenvalue weighted by Gasteiger charge is 2.11. The number of methoxy groups -OCH3 is 1. The second-order valence-electron chi connectivity index (χ2n) is 5.10. The second-order valence-corrected chi connectivity index (χ2v) is 5.10. The number of non-ortho nitro benzene ring substituents is 1. The van der Waals surface area contributed by atoms with Crippen LogP contribution in [0.1, 0.15) is 11.3 Å². The van der Waals surface area contributed by atoms with Gasteiger partial charge in [-0.25, -0.2) is 4.98 Å². The Labute approximate surface area is 137 Å². The predicted octanol–water partition coefficient (Wildman–Crippen LogP) is 4.03. The molecule has 0 saturated heterocycles. The maximum absolute atomic E-state index is 11.0. The molecule has 0 saturated carbocycles. The summed E-state index contributed by atoms with van der Waals surface area (Å²) in [5, 5.41) is 21.1. The van der Waals surface area contributed by atoms with Crippen molar-refractivity contribution in [2.24, 2.45) is 0 Å². The lowest BCUT2D eigenvalue weighted by Crippen LogP contribution is -1.91. The van der Waals surface area contributed by atoms with Gasteiger partial charge in [0, 0.05) is 6.07 Å². The van der Waals surface area contributed by atoms with E-state index in [1.54, 1.807) is 48.5 Å². The number of nitro groups is 1. The van der Waals surface area contributed by atoms with Gasteiger partial charge in [-0.1, -0.05) is 18.2 Å². The Morgan fingerprint density at radius 3 is 2.75 bits per heavy atom. The molecular weight excluding hydrogens is 308 g/mol. The lowest BCUT2D eigenvalue weighted by atomic mass is 10.1. The predicted molar refractivity (Wildman–Crippen MR) is 92.0 cm³/mol. The van der Waals surface area contributed by atoms with Gasteiger partial charge >= 0.3 is 0 Å². The molecule has 2 aromatic carbocycles. The van der Waals surface area contributed by atoms with E-state index in [0.29, 0.717) is 22.3 Å². The summed E-state index contributed by atoms with van der Waals surface area (Å²) in [5.41, 5.74) is 2.12. The number of phenols is 1. The quantitative estimate of drug-likeness (QED) is 0.579. The van der Waals surface area contributed by atoms with Crippen molar-refractivity contribution in [1.29, 1.82) is 0 Å². The average Bonchev–Trinajstić information content (AvgIpc) is 2.60. The number of ether oxygens (including phenoxy) is 1. The molecule has 0 bridgehead atoms. The molecule has 3 aromatic rings. The Morgan fingerprint density at radius 2 is 2.00 bits per heavy atom. The molecule has 1 heterocycles. The zero-order valence-electron chi connectivity index (χ0n) is 12.8. The van der Waals surface area contributed by atoms with Crippen LogP contribution in [-0.2, 0) is 0 Å². The number of hydrogen-bond acceptors (Lipinski definition) is 5. The lowest BCUT2D eigenvalue weighted by Gasteiger charge is -2.04. The third-order valence-electron chi connectivity index (χ3n) is 3.58.